The van der Waals surface area contributed by atoms with Gasteiger partial charge in [0, 0.05) is 136 Å². The first-order valence-electron chi connectivity index (χ1n) is 45.0. The van der Waals surface area contributed by atoms with Crippen LogP contribution in [-0.4, -0.2) is 184 Å². The van der Waals surface area contributed by atoms with Crippen molar-refractivity contribution in [1.29, 1.82) is 0 Å². The predicted molar refractivity (Wildman–Crippen MR) is 528 cm³/mol. The van der Waals surface area contributed by atoms with Gasteiger partial charge in [-0.25, -0.2) is 55.1 Å². The molecule has 0 radical (unpaired) electrons. The van der Waals surface area contributed by atoms with Crippen LogP contribution in [0.15, 0.2) is 263 Å². The van der Waals surface area contributed by atoms with E-state index < -0.39 is 104 Å². The summed E-state index contributed by atoms with van der Waals surface area (Å²) in [6, 6.07) is 42.2. The van der Waals surface area contributed by atoms with E-state index >= 15 is 0 Å². The van der Waals surface area contributed by atoms with Crippen LogP contribution < -0.4 is 30.9 Å². The van der Waals surface area contributed by atoms with E-state index in [0.29, 0.717) is 89.2 Å². The maximum Gasteiger partial charge on any atom is 0.219 e. The molecule has 0 aromatic heterocycles. The van der Waals surface area contributed by atoms with Crippen LogP contribution in [-0.2, 0) is 106 Å². The number of rotatable bonds is 29. The van der Waals surface area contributed by atoms with E-state index in [1.165, 1.54) is 38.1 Å². The van der Waals surface area contributed by atoms with Gasteiger partial charge in [0.25, 0.3) is 0 Å². The van der Waals surface area contributed by atoms with Gasteiger partial charge in [-0.2, -0.15) is 13.2 Å². The minimum Gasteiger partial charge on any atom is -0.748 e. The summed E-state index contributed by atoms with van der Waals surface area (Å²) < 4.78 is 230. The quantitative estimate of drug-likeness (QED) is 0.0150. The molecular formula is C99H104N7O25S9-5. The standard InChI is InChI=1S/C51H60N4O13S4.C48H49N3O12S5/c1-32(70(58,59)60)22-24-54-43-18-10-37-30-39(69-68-67-57)14-16-41(37)47(43)50(4,5)45(54)20-12-35-8-9-36(49(35)53-28-26-52(27-29-53)34(3)56)13-21-46-51(6,7)48-42-17-15-40(72(64,65)66)31-38(42)11-19-44(48)55(46)25-23-33(2)71(61,62)63;1-47(2)42(50(24-26-66(53,54)55)40-20-8-32-28-36(65-63-62-52)16-18-38(32)44(40)47)22-10-30-6-5-7-31(46(30)64-35-14-12-34(49)13-15-35)11-23-43-48(3,4)45-39-19-17-37(68(59,60)61)29-33(39)9-21-41(45)51(43)25-27-67(56,57)58/h10-21,30-33H,8-9,22-29H2,1-7H3,(H3-,57,58,59,60,61,62,63,64,65,66);8-23,28-29H,5-7,24-27,49H2,1-4H3,(H3-,52,53,54,55,56,57,58,59,60,61)/p-5. The van der Waals surface area contributed by atoms with Gasteiger partial charge < -0.3 is 63.2 Å². The summed E-state index contributed by atoms with van der Waals surface area (Å²) >= 11 is 3.15. The predicted octanol–water partition coefficient (Wildman–Crippen LogP) is 13.3. The van der Waals surface area contributed by atoms with E-state index in [2.05, 4.69) is 86.0 Å². The number of hydrogen-bond acceptors (Lipinski definition) is 31. The van der Waals surface area contributed by atoms with Crippen LogP contribution in [0, 0.1) is 0 Å². The number of amides is 1. The summed E-state index contributed by atoms with van der Waals surface area (Å²) in [5, 5.41) is 31.9. The Hall–Kier alpha value is -9.62. The molecule has 16 rings (SSSR count). The molecule has 9 aromatic carbocycles. The number of hydrogen-bond donors (Lipinski definition) is 1. The number of quaternary nitrogens is 1. The van der Waals surface area contributed by atoms with Crippen LogP contribution in [0.4, 0.5) is 28.4 Å². The number of benzene rings is 9. The van der Waals surface area contributed by atoms with Gasteiger partial charge in [0.15, 0.2) is 25.3 Å². The van der Waals surface area contributed by atoms with E-state index in [0.717, 1.165) is 157 Å². The lowest BCUT2D eigenvalue weighted by atomic mass is 9.78. The van der Waals surface area contributed by atoms with E-state index in [1.807, 2.05) is 156 Å². The highest BCUT2D eigenvalue weighted by atomic mass is 32.2. The molecule has 41 heteroatoms. The highest BCUT2D eigenvalue weighted by molar-refractivity contribution is 8.03. The number of carbonyl (C=O) groups excluding carboxylic acids is 1. The Morgan fingerprint density at radius 1 is 0.464 bits per heavy atom. The number of fused-ring (bicyclic) bond motifs is 12. The van der Waals surface area contributed by atoms with Crippen LogP contribution in [0.3, 0.4) is 0 Å². The van der Waals surface area contributed by atoms with Crippen molar-refractivity contribution >= 4 is 185 Å². The van der Waals surface area contributed by atoms with Crippen LogP contribution in [0.25, 0.3) is 43.1 Å². The molecule has 3 N–H and O–H groups in total. The fourth-order valence-corrected chi connectivity index (χ4v) is 25.1. The minimum absolute atomic E-state index is 0.0118. The van der Waals surface area contributed by atoms with Crippen LogP contribution >= 0.6 is 35.8 Å². The number of allylic oxidation sites excluding steroid dienone is 15. The third-order valence-corrected chi connectivity index (χ3v) is 35.3. The Kier molecular flexibility index (Phi) is 30.3. The highest BCUT2D eigenvalue weighted by Crippen LogP contribution is 2.56. The van der Waals surface area contributed by atoms with Crippen molar-refractivity contribution in [3.8, 4) is 0 Å². The van der Waals surface area contributed by atoms with E-state index in [-0.39, 0.29) is 54.7 Å². The Bertz CT molecular complexity index is 7650. The summed E-state index contributed by atoms with van der Waals surface area (Å²) in [5.41, 5.74) is 16.9. The SMILES string of the molecule is CC(=O)N1CC[N+](=C2C(=CC=C3N(CCC(C)S(=O)(=O)[O-])c4ccc5cc(SOO[O-])ccc5c4C3(C)C)CCC2=C/C=C2/N(CCC(C)S(=O)(=O)[O-])c3ccc4cc(S(=O)(=O)[O-])ccc4c3C2(C)C)CC1.CC1(C)C(/C=C/C2=C(Sc3ccc([NH3+])cc3)C(=C/C=C3/N(CCS(=O)(=O)[O-])c4ccc5cc(S(=O)(=O)[O-])ccc5c4C3(C)C)CCC2)=[N+](CCS(=O)(=O)[O-])c2ccc3cc(SOO[O-])ccc3c21. The molecule has 140 heavy (non-hydrogen) atoms. The summed E-state index contributed by atoms with van der Waals surface area (Å²) in [7, 11) is -27.8. The second-order valence-electron chi connectivity index (χ2n) is 37.8. The lowest BCUT2D eigenvalue weighted by Gasteiger charge is -2.28. The lowest BCUT2D eigenvalue weighted by molar-refractivity contribution is -0.777. The molecule has 5 aliphatic heterocycles. The average Bonchev–Trinajstić information content (AvgIpc) is 1.58. The van der Waals surface area contributed by atoms with Gasteiger partial charge in [0.2, 0.25) is 17.3 Å². The number of thioether (sulfide) groups is 1. The molecule has 2 aliphatic carbocycles. The Morgan fingerprint density at radius 3 is 1.29 bits per heavy atom. The first-order chi connectivity index (χ1) is 65.7. The van der Waals surface area contributed by atoms with E-state index in [9.17, 15) is 93.1 Å². The maximum atomic E-state index is 12.5. The molecule has 1 saturated heterocycles. The van der Waals surface area contributed by atoms with Crippen LogP contribution in [0.5, 0.6) is 0 Å². The Morgan fingerprint density at radius 2 is 0.871 bits per heavy atom. The molecule has 5 heterocycles. The zero-order valence-electron chi connectivity index (χ0n) is 78.4. The number of nitrogens with zero attached hydrogens (tertiary/aromatic N) is 6. The minimum atomic E-state index is -4.74. The second kappa shape index (κ2) is 40.5. The lowest BCUT2D eigenvalue weighted by Crippen LogP contribution is -2.46. The molecular weight excluding hydrogens is 1980 g/mol. The average molecular weight is 2080 g/mol. The van der Waals surface area contributed by atoms with Crippen LogP contribution in [0.1, 0.15) is 143 Å². The topological polar surface area (TPSA) is 490 Å². The zero-order chi connectivity index (χ0) is 101. The van der Waals surface area contributed by atoms with Crippen molar-refractivity contribution in [2.24, 2.45) is 0 Å². The largest absolute Gasteiger partial charge is 0.748 e. The number of anilines is 3. The van der Waals surface area contributed by atoms with Crippen molar-refractivity contribution in [1.82, 2.24) is 4.90 Å². The Balaban J connectivity index is 0.000000212. The third-order valence-electron chi connectivity index (χ3n) is 27.5. The first-order valence-corrected chi connectivity index (χ1v) is 56.3. The van der Waals surface area contributed by atoms with E-state index in [4.69, 9.17) is 0 Å². The van der Waals surface area contributed by atoms with Crippen molar-refractivity contribution in [2.75, 3.05) is 78.6 Å². The monoisotopic (exact) mass is 2080 g/mol. The van der Waals surface area contributed by atoms with Gasteiger partial charge in [-0.05, 0) is 259 Å². The van der Waals surface area contributed by atoms with Gasteiger partial charge in [-0.15, -0.1) is 0 Å². The van der Waals surface area contributed by atoms with Crippen molar-refractivity contribution in [3.63, 3.8) is 0 Å². The van der Waals surface area contributed by atoms with Gasteiger partial charge in [0.1, 0.15) is 36.0 Å². The molecule has 1 saturated carbocycles. The zero-order valence-corrected chi connectivity index (χ0v) is 85.8. The maximum absolute atomic E-state index is 12.5. The normalized spacial score (nSPS) is 19.9. The summed E-state index contributed by atoms with van der Waals surface area (Å²) in [6.45, 7) is 23.0. The molecule has 2 atom stereocenters. The van der Waals surface area contributed by atoms with Gasteiger partial charge in [-0.3, -0.25) is 14.9 Å². The molecule has 7 aliphatic rings. The molecule has 1 amide bonds. The summed E-state index contributed by atoms with van der Waals surface area (Å²) in [6.07, 6.45) is 19.9. The molecule has 2 fully saturated rings. The molecule has 9 aromatic rings. The summed E-state index contributed by atoms with van der Waals surface area (Å²) in [5.74, 6) is -1.30. The molecule has 744 valence electrons. The number of carbonyl (C=O) groups is 1. The van der Waals surface area contributed by atoms with Gasteiger partial charge >= 0.3 is 0 Å². The number of piperazine rings is 1. The highest BCUT2D eigenvalue weighted by Gasteiger charge is 2.49. The van der Waals surface area contributed by atoms with Gasteiger partial charge in [-0.1, -0.05) is 120 Å². The van der Waals surface area contributed by atoms with Crippen molar-refractivity contribution < 1.29 is 127 Å². The fraction of sp³-hybridized carbons (Fsp3) is 0.343. The fourth-order valence-electron chi connectivity index (χ4n) is 20.5. The molecule has 2 unspecified atom stereocenters. The third kappa shape index (κ3) is 22.0. The van der Waals surface area contributed by atoms with Gasteiger partial charge in [0.05, 0.1) is 94.2 Å². The molecule has 32 nitrogen and oxygen atoms in total. The smallest absolute Gasteiger partial charge is 0.219 e. The van der Waals surface area contributed by atoms with E-state index in [1.54, 1.807) is 55.1 Å². The Labute approximate surface area is 827 Å². The van der Waals surface area contributed by atoms with Crippen LogP contribution in [0.2, 0.25) is 0 Å². The summed E-state index contributed by atoms with van der Waals surface area (Å²) in [4.78, 5) is 22.7. The molecule has 0 bridgehead atoms. The molecule has 0 spiro atoms. The second-order valence-corrected chi connectivity index (χ2v) is 49.8. The first kappa shape index (κ1) is 105. The van der Waals surface area contributed by atoms with Crippen molar-refractivity contribution in [2.45, 2.75) is 178 Å². The van der Waals surface area contributed by atoms with Crippen molar-refractivity contribution in [3.05, 3.63) is 261 Å².